The van der Waals surface area contributed by atoms with Crippen LogP contribution >= 0.6 is 0 Å². The summed E-state index contributed by atoms with van der Waals surface area (Å²) in [6.07, 6.45) is 1.34. The number of carboxylic acid groups (broad SMARTS) is 1. The van der Waals surface area contributed by atoms with E-state index in [2.05, 4.69) is 10.6 Å². The fourth-order valence-corrected chi connectivity index (χ4v) is 6.12. The van der Waals surface area contributed by atoms with E-state index in [9.17, 15) is 19.8 Å². The lowest BCUT2D eigenvalue weighted by atomic mass is 9.74. The molecule has 0 unspecified atom stereocenters. The number of carbonyl (C=O) groups excluding carboxylic acids is 1. The third kappa shape index (κ3) is 4.19. The van der Waals surface area contributed by atoms with Gasteiger partial charge in [0.15, 0.2) is 0 Å². The summed E-state index contributed by atoms with van der Waals surface area (Å²) >= 11 is 0. The highest BCUT2D eigenvalue weighted by molar-refractivity contribution is 6.03. The Balaban J connectivity index is 1.67. The molecule has 43 heavy (non-hydrogen) atoms. The first-order valence-electron chi connectivity index (χ1n) is 14.2. The zero-order valence-corrected chi connectivity index (χ0v) is 24.4. The number of aromatic carboxylic acids is 1. The molecule has 2 aliphatic heterocycles. The van der Waals surface area contributed by atoms with Gasteiger partial charge >= 0.3 is 5.97 Å². The van der Waals surface area contributed by atoms with Gasteiger partial charge in [0.1, 0.15) is 28.4 Å². The van der Waals surface area contributed by atoms with Crippen molar-refractivity contribution in [2.24, 2.45) is 5.10 Å². The van der Waals surface area contributed by atoms with Crippen molar-refractivity contribution in [1.82, 2.24) is 5.01 Å². The molecule has 4 aromatic carbocycles. The van der Waals surface area contributed by atoms with Gasteiger partial charge in [-0.3, -0.25) is 4.79 Å². The zero-order valence-electron chi connectivity index (χ0n) is 24.4. The molecule has 0 aliphatic carbocycles. The number of fused-ring (bicyclic) bond motifs is 6. The quantitative estimate of drug-likeness (QED) is 0.186. The first kappa shape index (κ1) is 27.8. The van der Waals surface area contributed by atoms with Gasteiger partial charge in [0.2, 0.25) is 0 Å². The van der Waals surface area contributed by atoms with Crippen LogP contribution in [-0.2, 0) is 5.54 Å². The number of phenols is 1. The molecule has 0 saturated carbocycles. The van der Waals surface area contributed by atoms with Crippen LogP contribution in [0.15, 0.2) is 71.8 Å². The molecule has 4 aromatic rings. The van der Waals surface area contributed by atoms with Crippen LogP contribution in [0.1, 0.15) is 67.9 Å². The van der Waals surface area contributed by atoms with E-state index in [0.717, 1.165) is 52.3 Å². The number of benzene rings is 4. The molecule has 1 spiro atoms. The number of hydrogen-bond donors (Lipinski definition) is 4. The third-order valence-corrected chi connectivity index (χ3v) is 8.05. The van der Waals surface area contributed by atoms with E-state index in [0.29, 0.717) is 17.1 Å². The van der Waals surface area contributed by atoms with E-state index in [1.807, 2.05) is 70.2 Å². The Labute approximate surface area is 249 Å². The molecule has 218 valence electrons. The van der Waals surface area contributed by atoms with Gasteiger partial charge in [-0.15, -0.1) is 0 Å². The summed E-state index contributed by atoms with van der Waals surface area (Å²) in [5.74, 6) is -0.856. The van der Waals surface area contributed by atoms with Crippen LogP contribution in [0.4, 0.5) is 11.4 Å². The molecule has 0 radical (unpaired) electrons. The topological polar surface area (TPSA) is 123 Å². The number of ether oxygens (including phenoxy) is 1. The van der Waals surface area contributed by atoms with E-state index in [1.165, 1.54) is 23.4 Å². The number of hydrazone groups is 1. The normalized spacial score (nSPS) is 14.3. The number of nitrogens with one attached hydrogen (secondary N) is 2. The summed E-state index contributed by atoms with van der Waals surface area (Å²) in [5, 5.41) is 33.2. The van der Waals surface area contributed by atoms with Gasteiger partial charge in [0.05, 0.1) is 6.21 Å². The summed E-state index contributed by atoms with van der Waals surface area (Å²) in [4.78, 5) is 25.9. The SMILES string of the molecule is CCNc1cc2c(cc1C)C1(c3cc(C)c(NCC)cc3O2)c2ccccc2C(=O)N1/N=C/c1cccc(C(=O)O)c1O. The molecular formula is C34H32N4O5. The number of amides is 1. The minimum atomic E-state index is -1.26. The van der Waals surface area contributed by atoms with Crippen molar-refractivity contribution in [2.45, 2.75) is 33.2 Å². The fraction of sp³-hybridized carbons (Fsp3) is 0.206. The molecule has 0 saturated heterocycles. The number of aromatic hydroxyl groups is 1. The second-order valence-electron chi connectivity index (χ2n) is 10.7. The average molecular weight is 577 g/mol. The predicted molar refractivity (Wildman–Crippen MR) is 166 cm³/mol. The van der Waals surface area contributed by atoms with Crippen molar-refractivity contribution in [3.63, 3.8) is 0 Å². The van der Waals surface area contributed by atoms with Gasteiger partial charge in [-0.25, -0.2) is 9.80 Å². The Morgan fingerprint density at radius 1 is 0.907 bits per heavy atom. The van der Waals surface area contributed by atoms with Crippen LogP contribution in [0.3, 0.4) is 0 Å². The summed E-state index contributed by atoms with van der Waals surface area (Å²) in [7, 11) is 0. The summed E-state index contributed by atoms with van der Waals surface area (Å²) in [6, 6.07) is 19.8. The average Bonchev–Trinajstić information content (AvgIpc) is 3.23. The van der Waals surface area contributed by atoms with Gasteiger partial charge in [-0.1, -0.05) is 24.3 Å². The van der Waals surface area contributed by atoms with Crippen LogP contribution in [0.2, 0.25) is 0 Å². The minimum Gasteiger partial charge on any atom is -0.506 e. The summed E-state index contributed by atoms with van der Waals surface area (Å²) < 4.78 is 6.60. The Bertz CT molecular complexity index is 1770. The Morgan fingerprint density at radius 2 is 1.51 bits per heavy atom. The first-order chi connectivity index (χ1) is 20.7. The molecule has 4 N–H and O–H groups in total. The van der Waals surface area contributed by atoms with Gasteiger partial charge in [0, 0.05) is 64.4 Å². The number of anilines is 2. The molecular weight excluding hydrogens is 544 g/mol. The van der Waals surface area contributed by atoms with Crippen molar-refractivity contribution in [3.05, 3.63) is 111 Å². The number of aryl methyl sites for hydroxylation is 2. The Hall–Kier alpha value is -5.31. The van der Waals surface area contributed by atoms with Gasteiger partial charge in [0.25, 0.3) is 5.91 Å². The van der Waals surface area contributed by atoms with Crippen LogP contribution in [0.5, 0.6) is 17.2 Å². The number of hydrogen-bond acceptors (Lipinski definition) is 7. The maximum absolute atomic E-state index is 14.3. The van der Waals surface area contributed by atoms with Crippen molar-refractivity contribution in [3.8, 4) is 17.2 Å². The van der Waals surface area contributed by atoms with E-state index < -0.39 is 17.3 Å². The Morgan fingerprint density at radius 3 is 2.09 bits per heavy atom. The van der Waals surface area contributed by atoms with E-state index in [4.69, 9.17) is 9.84 Å². The van der Waals surface area contributed by atoms with Crippen LogP contribution in [0, 0.1) is 13.8 Å². The third-order valence-electron chi connectivity index (χ3n) is 8.05. The zero-order chi connectivity index (χ0) is 30.5. The number of rotatable bonds is 7. The van der Waals surface area contributed by atoms with Gasteiger partial charge < -0.3 is 25.6 Å². The summed E-state index contributed by atoms with van der Waals surface area (Å²) in [5.41, 5.74) is 5.21. The molecule has 2 aliphatic rings. The highest BCUT2D eigenvalue weighted by atomic mass is 16.5. The molecule has 2 heterocycles. The molecule has 0 fully saturated rings. The second-order valence-corrected chi connectivity index (χ2v) is 10.7. The predicted octanol–water partition coefficient (Wildman–Crippen LogP) is 6.46. The van der Waals surface area contributed by atoms with E-state index >= 15 is 0 Å². The summed E-state index contributed by atoms with van der Waals surface area (Å²) in [6.45, 7) is 9.52. The molecule has 0 atom stereocenters. The molecule has 6 rings (SSSR count). The number of nitrogens with zero attached hydrogens (tertiary/aromatic N) is 2. The molecule has 9 nitrogen and oxygen atoms in total. The standard InChI is InChI=1S/C34H32N4O5/c1-5-35-27-16-29-25(14-19(27)3)34(26-15-20(4)28(36-6-2)17-30(26)43-29)24-13-8-7-11-22(24)32(40)38(34)37-18-21-10-9-12-23(31(21)39)33(41)42/h7-18,35-36,39H,5-6H2,1-4H3,(H,41,42)/b37-18+. The van der Waals surface area contributed by atoms with E-state index in [-0.39, 0.29) is 17.0 Å². The number of carboxylic acids is 1. The first-order valence-corrected chi connectivity index (χ1v) is 14.2. The lowest BCUT2D eigenvalue weighted by molar-refractivity contribution is 0.0670. The van der Waals surface area contributed by atoms with Crippen LogP contribution in [0.25, 0.3) is 0 Å². The monoisotopic (exact) mass is 576 g/mol. The highest BCUT2D eigenvalue weighted by Gasteiger charge is 2.57. The van der Waals surface area contributed by atoms with Gasteiger partial charge in [-0.2, -0.15) is 5.10 Å². The fourth-order valence-electron chi connectivity index (χ4n) is 6.12. The number of para-hydroxylation sites is 1. The Kier molecular flexibility index (Phi) is 6.80. The molecule has 0 bridgehead atoms. The lowest BCUT2D eigenvalue weighted by Crippen LogP contribution is -2.44. The van der Waals surface area contributed by atoms with Crippen LogP contribution in [-0.4, -0.2) is 46.4 Å². The lowest BCUT2D eigenvalue weighted by Gasteiger charge is -2.42. The molecule has 9 heteroatoms. The number of carbonyl (C=O) groups is 2. The van der Waals surface area contributed by atoms with Crippen molar-refractivity contribution >= 4 is 29.5 Å². The van der Waals surface area contributed by atoms with Gasteiger partial charge in [-0.05, 0) is 69.2 Å². The highest BCUT2D eigenvalue weighted by Crippen LogP contribution is 2.59. The van der Waals surface area contributed by atoms with Crippen molar-refractivity contribution in [2.75, 3.05) is 23.7 Å². The molecule has 1 amide bonds. The largest absolute Gasteiger partial charge is 0.506 e. The minimum absolute atomic E-state index is 0.170. The maximum atomic E-state index is 14.3. The molecule has 0 aromatic heterocycles. The van der Waals surface area contributed by atoms with Crippen molar-refractivity contribution < 1.29 is 24.5 Å². The second kappa shape index (κ2) is 10.5. The van der Waals surface area contributed by atoms with Crippen LogP contribution < -0.4 is 15.4 Å². The maximum Gasteiger partial charge on any atom is 0.339 e. The van der Waals surface area contributed by atoms with E-state index in [1.54, 1.807) is 12.1 Å². The van der Waals surface area contributed by atoms with Crippen molar-refractivity contribution in [1.29, 1.82) is 0 Å². The smallest absolute Gasteiger partial charge is 0.339 e.